The van der Waals surface area contributed by atoms with Gasteiger partial charge in [0.15, 0.2) is 0 Å². The largest absolute Gasteiger partial charge is 0.341 e. The molecule has 0 aromatic heterocycles. The molecule has 0 fully saturated rings. The van der Waals surface area contributed by atoms with Gasteiger partial charge in [0.05, 0.1) is 5.75 Å². The normalized spacial score (nSPS) is 10.5. The Bertz CT molecular complexity index is 622. The van der Waals surface area contributed by atoms with Gasteiger partial charge in [-0.1, -0.05) is 49.4 Å². The van der Waals surface area contributed by atoms with Gasteiger partial charge in [0.1, 0.15) is 0 Å². The van der Waals surface area contributed by atoms with E-state index in [1.165, 1.54) is 21.6 Å². The summed E-state index contributed by atoms with van der Waals surface area (Å²) < 4.78 is 0. The van der Waals surface area contributed by atoms with Gasteiger partial charge in [-0.3, -0.25) is 4.79 Å². The highest BCUT2D eigenvalue weighted by molar-refractivity contribution is 8.00. The number of hydrogen-bond acceptors (Lipinski definition) is 2. The van der Waals surface area contributed by atoms with Crippen molar-refractivity contribution >= 4 is 17.7 Å². The number of rotatable bonds is 6. The van der Waals surface area contributed by atoms with Crippen molar-refractivity contribution in [2.45, 2.75) is 31.7 Å². The molecule has 2 aromatic rings. The summed E-state index contributed by atoms with van der Waals surface area (Å²) in [6.07, 6.45) is 1.04. The molecule has 0 aliphatic heterocycles. The van der Waals surface area contributed by atoms with Crippen molar-refractivity contribution < 1.29 is 4.79 Å². The first-order chi connectivity index (χ1) is 10.6. The van der Waals surface area contributed by atoms with E-state index >= 15 is 0 Å². The van der Waals surface area contributed by atoms with Gasteiger partial charge in [-0.2, -0.15) is 0 Å². The van der Waals surface area contributed by atoms with Gasteiger partial charge in [0.2, 0.25) is 5.91 Å². The van der Waals surface area contributed by atoms with Crippen molar-refractivity contribution in [1.29, 1.82) is 0 Å². The third kappa shape index (κ3) is 4.63. The van der Waals surface area contributed by atoms with Gasteiger partial charge in [-0.05, 0) is 36.1 Å². The molecule has 2 aromatic carbocycles. The van der Waals surface area contributed by atoms with Crippen molar-refractivity contribution in [1.82, 2.24) is 4.90 Å². The lowest BCUT2D eigenvalue weighted by atomic mass is 10.1. The third-order valence-corrected chi connectivity index (χ3v) is 4.88. The molecule has 22 heavy (non-hydrogen) atoms. The average Bonchev–Trinajstić information content (AvgIpc) is 2.54. The zero-order valence-corrected chi connectivity index (χ0v) is 14.3. The van der Waals surface area contributed by atoms with Crippen molar-refractivity contribution in [3.8, 4) is 0 Å². The minimum Gasteiger partial charge on any atom is -0.341 e. The summed E-state index contributed by atoms with van der Waals surface area (Å²) in [6.45, 7) is 4.89. The highest BCUT2D eigenvalue weighted by atomic mass is 32.2. The maximum absolute atomic E-state index is 12.3. The highest BCUT2D eigenvalue weighted by Gasteiger charge is 2.10. The molecule has 0 saturated carbocycles. The van der Waals surface area contributed by atoms with Crippen LogP contribution in [0, 0.1) is 6.92 Å². The third-order valence-electron chi connectivity index (χ3n) is 3.72. The van der Waals surface area contributed by atoms with Gasteiger partial charge >= 0.3 is 0 Å². The Hall–Kier alpha value is -1.74. The standard InChI is InChI=1S/C19H23NOS/c1-4-16-9-11-17(12-10-16)13-20(3)19(21)14-22-18-8-6-5-7-15(18)2/h5-12H,4,13-14H2,1-3H3. The van der Waals surface area contributed by atoms with Crippen molar-refractivity contribution in [3.63, 3.8) is 0 Å². The second kappa shape index (κ2) is 8.04. The summed E-state index contributed by atoms with van der Waals surface area (Å²) in [5.74, 6) is 0.641. The van der Waals surface area contributed by atoms with Gasteiger partial charge in [0.25, 0.3) is 0 Å². The van der Waals surface area contributed by atoms with E-state index in [0.29, 0.717) is 12.3 Å². The van der Waals surface area contributed by atoms with Crippen molar-refractivity contribution in [2.75, 3.05) is 12.8 Å². The summed E-state index contributed by atoms with van der Waals surface area (Å²) in [5, 5.41) is 0. The lowest BCUT2D eigenvalue weighted by Gasteiger charge is -2.17. The fraction of sp³-hybridized carbons (Fsp3) is 0.316. The molecular formula is C19H23NOS. The number of benzene rings is 2. The molecule has 2 nitrogen and oxygen atoms in total. The van der Waals surface area contributed by atoms with Crippen LogP contribution in [0.2, 0.25) is 0 Å². The molecule has 0 aliphatic carbocycles. The Morgan fingerprint density at radius 1 is 1.05 bits per heavy atom. The first kappa shape index (κ1) is 16.6. The molecule has 3 heteroatoms. The van der Waals surface area contributed by atoms with Crippen LogP contribution in [-0.4, -0.2) is 23.6 Å². The smallest absolute Gasteiger partial charge is 0.232 e. The molecule has 0 saturated heterocycles. The molecule has 1 amide bonds. The Balaban J connectivity index is 1.87. The van der Waals surface area contributed by atoms with Crippen LogP contribution in [0.15, 0.2) is 53.4 Å². The summed E-state index contributed by atoms with van der Waals surface area (Å²) in [7, 11) is 1.87. The molecule has 0 radical (unpaired) electrons. The van der Waals surface area contributed by atoms with Crippen LogP contribution in [-0.2, 0) is 17.8 Å². The van der Waals surface area contributed by atoms with E-state index in [-0.39, 0.29) is 5.91 Å². The summed E-state index contributed by atoms with van der Waals surface area (Å²) in [5.41, 5.74) is 3.72. The minimum absolute atomic E-state index is 0.160. The predicted octanol–water partition coefficient (Wildman–Crippen LogP) is 4.31. The molecule has 116 valence electrons. The van der Waals surface area contributed by atoms with Crippen LogP contribution in [0.4, 0.5) is 0 Å². The molecule has 0 N–H and O–H groups in total. The minimum atomic E-state index is 0.160. The number of carbonyl (C=O) groups excluding carboxylic acids is 1. The lowest BCUT2D eigenvalue weighted by Crippen LogP contribution is -2.27. The predicted molar refractivity (Wildman–Crippen MR) is 94.2 cm³/mol. The Morgan fingerprint density at radius 3 is 2.32 bits per heavy atom. The Morgan fingerprint density at radius 2 is 1.68 bits per heavy atom. The van der Waals surface area contributed by atoms with Gasteiger partial charge in [0, 0.05) is 18.5 Å². The molecule has 2 rings (SSSR count). The molecule has 0 unspecified atom stereocenters. The van der Waals surface area contributed by atoms with E-state index in [0.717, 1.165) is 6.42 Å². The molecular weight excluding hydrogens is 290 g/mol. The van der Waals surface area contributed by atoms with Gasteiger partial charge in [-0.15, -0.1) is 11.8 Å². The average molecular weight is 313 g/mol. The summed E-state index contributed by atoms with van der Waals surface area (Å²) >= 11 is 1.61. The zero-order valence-electron chi connectivity index (χ0n) is 13.5. The topological polar surface area (TPSA) is 20.3 Å². The van der Waals surface area contributed by atoms with Crippen LogP contribution in [0.1, 0.15) is 23.6 Å². The SMILES string of the molecule is CCc1ccc(CN(C)C(=O)CSc2ccccc2C)cc1. The fourth-order valence-corrected chi connectivity index (χ4v) is 3.18. The molecule has 0 aliphatic rings. The molecule has 0 atom stereocenters. The summed E-state index contributed by atoms with van der Waals surface area (Å²) in [6, 6.07) is 16.7. The second-order valence-electron chi connectivity index (χ2n) is 5.47. The second-order valence-corrected chi connectivity index (χ2v) is 6.49. The molecule has 0 heterocycles. The van der Waals surface area contributed by atoms with E-state index in [4.69, 9.17) is 0 Å². The number of carbonyl (C=O) groups is 1. The van der Waals surface area contributed by atoms with Crippen LogP contribution >= 0.6 is 11.8 Å². The van der Waals surface area contributed by atoms with E-state index in [2.05, 4.69) is 50.2 Å². The van der Waals surface area contributed by atoms with E-state index < -0.39 is 0 Å². The summed E-state index contributed by atoms with van der Waals surface area (Å²) in [4.78, 5) is 15.2. The van der Waals surface area contributed by atoms with Gasteiger partial charge < -0.3 is 4.90 Å². The maximum atomic E-state index is 12.3. The number of nitrogens with zero attached hydrogens (tertiary/aromatic N) is 1. The Kier molecular flexibility index (Phi) is 6.08. The molecule has 0 spiro atoms. The van der Waals surface area contributed by atoms with E-state index in [1.54, 1.807) is 16.7 Å². The van der Waals surface area contributed by atoms with Crippen molar-refractivity contribution in [2.24, 2.45) is 0 Å². The monoisotopic (exact) mass is 313 g/mol. The highest BCUT2D eigenvalue weighted by Crippen LogP contribution is 2.22. The Labute approximate surface area is 137 Å². The van der Waals surface area contributed by atoms with Crippen molar-refractivity contribution in [3.05, 3.63) is 65.2 Å². The first-order valence-electron chi connectivity index (χ1n) is 7.60. The molecule has 0 bridgehead atoms. The number of thioether (sulfide) groups is 1. The van der Waals surface area contributed by atoms with E-state index in [9.17, 15) is 4.79 Å². The lowest BCUT2D eigenvalue weighted by molar-refractivity contribution is -0.127. The van der Waals surface area contributed by atoms with Crippen LogP contribution in [0.3, 0.4) is 0 Å². The van der Waals surface area contributed by atoms with Gasteiger partial charge in [-0.25, -0.2) is 0 Å². The number of hydrogen-bond donors (Lipinski definition) is 0. The quantitative estimate of drug-likeness (QED) is 0.741. The van der Waals surface area contributed by atoms with Crippen LogP contribution < -0.4 is 0 Å². The first-order valence-corrected chi connectivity index (χ1v) is 8.59. The number of aryl methyl sites for hydroxylation is 2. The van der Waals surface area contributed by atoms with Crippen LogP contribution in [0.5, 0.6) is 0 Å². The zero-order chi connectivity index (χ0) is 15.9. The van der Waals surface area contributed by atoms with E-state index in [1.807, 2.05) is 19.2 Å². The fourth-order valence-electron chi connectivity index (χ4n) is 2.21. The number of amides is 1. The van der Waals surface area contributed by atoms with Crippen LogP contribution in [0.25, 0.3) is 0 Å². The maximum Gasteiger partial charge on any atom is 0.232 e.